The molecular weight excluding hydrogens is 302 g/mol. The standard InChI is InChI=1S/C20H25N.2C2H6/c1-17-12-14-21(15-13-17)16-20(18-8-4-2-5-9-18)19-10-6-3-7-11-19;2*1-2/h2-11,17,20H,12-16H2,1H3;2*1-2H3. The van der Waals surface area contributed by atoms with Gasteiger partial charge in [0.1, 0.15) is 0 Å². The van der Waals surface area contributed by atoms with Crippen LogP contribution in [0.2, 0.25) is 0 Å². The van der Waals surface area contributed by atoms with E-state index in [-0.39, 0.29) is 0 Å². The first kappa shape index (κ1) is 21.4. The van der Waals surface area contributed by atoms with Crippen LogP contribution < -0.4 is 0 Å². The fourth-order valence-corrected chi connectivity index (χ4v) is 3.28. The lowest BCUT2D eigenvalue weighted by Gasteiger charge is -2.33. The van der Waals surface area contributed by atoms with E-state index < -0.39 is 0 Å². The van der Waals surface area contributed by atoms with Gasteiger partial charge in [-0.15, -0.1) is 0 Å². The van der Waals surface area contributed by atoms with Crippen LogP contribution in [0.5, 0.6) is 0 Å². The van der Waals surface area contributed by atoms with E-state index >= 15 is 0 Å². The third-order valence-electron chi connectivity index (χ3n) is 4.72. The van der Waals surface area contributed by atoms with E-state index in [0.717, 1.165) is 12.5 Å². The summed E-state index contributed by atoms with van der Waals surface area (Å²) < 4.78 is 0. The van der Waals surface area contributed by atoms with Gasteiger partial charge in [-0.3, -0.25) is 0 Å². The minimum absolute atomic E-state index is 0.487. The van der Waals surface area contributed by atoms with Crippen LogP contribution in [0.3, 0.4) is 0 Å². The van der Waals surface area contributed by atoms with Crippen molar-refractivity contribution in [1.29, 1.82) is 0 Å². The zero-order valence-electron chi connectivity index (χ0n) is 16.9. The molecule has 1 aliphatic rings. The van der Waals surface area contributed by atoms with Crippen molar-refractivity contribution in [1.82, 2.24) is 4.90 Å². The molecule has 0 bridgehead atoms. The van der Waals surface area contributed by atoms with Gasteiger partial charge in [-0.25, -0.2) is 0 Å². The summed E-state index contributed by atoms with van der Waals surface area (Å²) in [7, 11) is 0. The van der Waals surface area contributed by atoms with Crippen molar-refractivity contribution >= 4 is 0 Å². The molecule has 0 spiro atoms. The molecule has 2 aromatic carbocycles. The lowest BCUT2D eigenvalue weighted by Crippen LogP contribution is -2.36. The predicted molar refractivity (Wildman–Crippen MR) is 112 cm³/mol. The van der Waals surface area contributed by atoms with Gasteiger partial charge in [-0.1, -0.05) is 95.3 Å². The topological polar surface area (TPSA) is 3.24 Å². The Balaban J connectivity index is 0.000000730. The molecule has 138 valence electrons. The summed E-state index contributed by atoms with van der Waals surface area (Å²) in [4.78, 5) is 2.64. The van der Waals surface area contributed by atoms with Gasteiger partial charge in [-0.05, 0) is 43.0 Å². The van der Waals surface area contributed by atoms with Crippen LogP contribution in [0.4, 0.5) is 0 Å². The van der Waals surface area contributed by atoms with Gasteiger partial charge in [0.15, 0.2) is 0 Å². The van der Waals surface area contributed by atoms with Crippen molar-refractivity contribution in [3.63, 3.8) is 0 Å². The second-order valence-electron chi connectivity index (χ2n) is 6.36. The summed E-state index contributed by atoms with van der Waals surface area (Å²) in [5.41, 5.74) is 2.87. The van der Waals surface area contributed by atoms with Gasteiger partial charge >= 0.3 is 0 Å². The molecule has 1 aliphatic heterocycles. The average Bonchev–Trinajstić information content (AvgIpc) is 2.72. The van der Waals surface area contributed by atoms with Gasteiger partial charge in [0.05, 0.1) is 0 Å². The third kappa shape index (κ3) is 7.04. The van der Waals surface area contributed by atoms with Crippen LogP contribution in [0.25, 0.3) is 0 Å². The lowest BCUT2D eigenvalue weighted by atomic mass is 9.89. The molecule has 0 radical (unpaired) electrons. The van der Waals surface area contributed by atoms with E-state index in [2.05, 4.69) is 72.5 Å². The highest BCUT2D eigenvalue weighted by Gasteiger charge is 2.21. The Morgan fingerprint density at radius 3 is 1.56 bits per heavy atom. The number of piperidine rings is 1. The van der Waals surface area contributed by atoms with Crippen molar-refractivity contribution in [3.8, 4) is 0 Å². The van der Waals surface area contributed by atoms with E-state index in [1.54, 1.807) is 0 Å². The minimum atomic E-state index is 0.487. The summed E-state index contributed by atoms with van der Waals surface area (Å²) in [5, 5.41) is 0. The molecule has 1 heteroatoms. The lowest BCUT2D eigenvalue weighted by molar-refractivity contribution is 0.187. The zero-order chi connectivity index (χ0) is 18.5. The Bertz CT molecular complexity index is 487. The number of hydrogen-bond donors (Lipinski definition) is 0. The molecule has 3 rings (SSSR count). The second-order valence-corrected chi connectivity index (χ2v) is 6.36. The van der Waals surface area contributed by atoms with Gasteiger partial charge in [0.25, 0.3) is 0 Å². The first-order valence-electron chi connectivity index (χ1n) is 10.1. The molecular formula is C24H37N. The fraction of sp³-hybridized carbons (Fsp3) is 0.500. The number of hydrogen-bond acceptors (Lipinski definition) is 1. The summed E-state index contributed by atoms with van der Waals surface area (Å²) in [5.74, 6) is 1.38. The highest BCUT2D eigenvalue weighted by atomic mass is 15.1. The number of rotatable bonds is 4. The largest absolute Gasteiger partial charge is 0.302 e. The van der Waals surface area contributed by atoms with Crippen LogP contribution in [-0.2, 0) is 0 Å². The number of benzene rings is 2. The Morgan fingerprint density at radius 2 is 1.16 bits per heavy atom. The summed E-state index contributed by atoms with van der Waals surface area (Å²) in [6.45, 7) is 14.0. The molecule has 25 heavy (non-hydrogen) atoms. The molecule has 0 atom stereocenters. The third-order valence-corrected chi connectivity index (χ3v) is 4.72. The maximum absolute atomic E-state index is 2.64. The molecule has 0 unspecified atom stereocenters. The first-order valence-corrected chi connectivity index (χ1v) is 10.1. The molecule has 0 aromatic heterocycles. The minimum Gasteiger partial charge on any atom is -0.302 e. The maximum Gasteiger partial charge on any atom is 0.0217 e. The quantitative estimate of drug-likeness (QED) is 0.606. The Labute approximate surface area is 156 Å². The summed E-state index contributed by atoms with van der Waals surface area (Å²) in [6.07, 6.45) is 2.69. The van der Waals surface area contributed by atoms with Gasteiger partial charge in [0, 0.05) is 12.5 Å². The number of likely N-dealkylation sites (tertiary alicyclic amines) is 1. The van der Waals surface area contributed by atoms with E-state index in [4.69, 9.17) is 0 Å². The predicted octanol–water partition coefficient (Wildman–Crippen LogP) is 6.60. The van der Waals surface area contributed by atoms with E-state index in [9.17, 15) is 0 Å². The van der Waals surface area contributed by atoms with Crippen LogP contribution in [0, 0.1) is 5.92 Å². The van der Waals surface area contributed by atoms with Crippen molar-refractivity contribution in [2.75, 3.05) is 19.6 Å². The highest BCUT2D eigenvalue weighted by Crippen LogP contribution is 2.27. The summed E-state index contributed by atoms with van der Waals surface area (Å²) >= 11 is 0. The first-order chi connectivity index (χ1) is 12.3. The molecule has 0 amide bonds. The maximum atomic E-state index is 2.64. The molecule has 0 aliphatic carbocycles. The van der Waals surface area contributed by atoms with Gasteiger partial charge in [0.2, 0.25) is 0 Å². The fourth-order valence-electron chi connectivity index (χ4n) is 3.28. The smallest absolute Gasteiger partial charge is 0.0217 e. The Morgan fingerprint density at radius 1 is 0.760 bits per heavy atom. The molecule has 0 N–H and O–H groups in total. The van der Waals surface area contributed by atoms with E-state index in [1.807, 2.05) is 27.7 Å². The molecule has 0 saturated carbocycles. The molecule has 1 heterocycles. The Hall–Kier alpha value is -1.60. The Kier molecular flexibility index (Phi) is 10.9. The van der Waals surface area contributed by atoms with Crippen molar-refractivity contribution in [2.24, 2.45) is 5.92 Å². The monoisotopic (exact) mass is 339 g/mol. The zero-order valence-corrected chi connectivity index (χ0v) is 16.9. The van der Waals surface area contributed by atoms with Crippen molar-refractivity contribution in [3.05, 3.63) is 71.8 Å². The van der Waals surface area contributed by atoms with Crippen LogP contribution in [-0.4, -0.2) is 24.5 Å². The van der Waals surface area contributed by atoms with Gasteiger partial charge < -0.3 is 4.90 Å². The van der Waals surface area contributed by atoms with Crippen molar-refractivity contribution in [2.45, 2.75) is 53.4 Å². The molecule has 1 nitrogen and oxygen atoms in total. The highest BCUT2D eigenvalue weighted by molar-refractivity contribution is 5.32. The number of nitrogens with zero attached hydrogens (tertiary/aromatic N) is 1. The van der Waals surface area contributed by atoms with Crippen LogP contribution in [0.15, 0.2) is 60.7 Å². The SMILES string of the molecule is CC.CC.CC1CCN(CC(c2ccccc2)c2ccccc2)CC1. The average molecular weight is 340 g/mol. The normalized spacial score (nSPS) is 15.0. The summed E-state index contributed by atoms with van der Waals surface area (Å²) in [6, 6.07) is 21.9. The van der Waals surface area contributed by atoms with Crippen LogP contribution in [0.1, 0.15) is 64.5 Å². The molecule has 2 aromatic rings. The molecule has 1 fully saturated rings. The van der Waals surface area contributed by atoms with E-state index in [0.29, 0.717) is 5.92 Å². The van der Waals surface area contributed by atoms with Crippen LogP contribution >= 0.6 is 0 Å². The molecule has 1 saturated heterocycles. The van der Waals surface area contributed by atoms with E-state index in [1.165, 1.54) is 37.1 Å². The second kappa shape index (κ2) is 12.7. The van der Waals surface area contributed by atoms with Gasteiger partial charge in [-0.2, -0.15) is 0 Å². The van der Waals surface area contributed by atoms with Crippen molar-refractivity contribution < 1.29 is 0 Å².